The Bertz CT molecular complexity index is 196. The van der Waals surface area contributed by atoms with Gasteiger partial charge in [0.05, 0.1) is 39.6 Å². The molecular formula is C13H28O5. The van der Waals surface area contributed by atoms with Crippen LogP contribution < -0.4 is 0 Å². The monoisotopic (exact) mass is 264 g/mol. The molecule has 0 bridgehead atoms. The smallest absolute Gasteiger partial charge is 0.100 e. The predicted octanol–water partition coefficient (Wildman–Crippen LogP) is 0.681. The molecular weight excluding hydrogens is 236 g/mol. The van der Waals surface area contributed by atoms with Crippen LogP contribution in [0.1, 0.15) is 20.8 Å². The van der Waals surface area contributed by atoms with Crippen molar-refractivity contribution < 1.29 is 24.4 Å². The van der Waals surface area contributed by atoms with Crippen LogP contribution in [0.4, 0.5) is 0 Å². The molecule has 2 atom stereocenters. The molecule has 5 nitrogen and oxygen atoms in total. The number of aliphatic hydroxyl groups is 2. The Balaban J connectivity index is 3.55. The van der Waals surface area contributed by atoms with Gasteiger partial charge in [0.25, 0.3) is 0 Å². The molecule has 0 amide bonds. The van der Waals surface area contributed by atoms with Gasteiger partial charge in [0.2, 0.25) is 0 Å². The van der Waals surface area contributed by atoms with Gasteiger partial charge in [0, 0.05) is 18.4 Å². The van der Waals surface area contributed by atoms with Crippen molar-refractivity contribution in [2.24, 2.45) is 11.3 Å². The molecule has 0 heterocycles. The lowest BCUT2D eigenvalue weighted by atomic mass is 9.96. The highest BCUT2D eigenvalue weighted by Gasteiger charge is 2.18. The molecule has 0 aromatic heterocycles. The van der Waals surface area contributed by atoms with Crippen molar-refractivity contribution in [2.45, 2.75) is 26.9 Å². The SMILES string of the molecule is COCC(C)(C)COCC(C)COCC(O)CO. The second kappa shape index (κ2) is 9.69. The Labute approximate surface area is 110 Å². The molecule has 2 unspecified atom stereocenters. The second-order valence-electron chi connectivity index (χ2n) is 5.59. The zero-order chi connectivity index (χ0) is 14.0. The van der Waals surface area contributed by atoms with Crippen molar-refractivity contribution in [1.82, 2.24) is 0 Å². The van der Waals surface area contributed by atoms with Gasteiger partial charge in [-0.1, -0.05) is 20.8 Å². The van der Waals surface area contributed by atoms with Gasteiger partial charge in [-0.2, -0.15) is 0 Å². The van der Waals surface area contributed by atoms with E-state index in [0.717, 1.165) is 0 Å². The van der Waals surface area contributed by atoms with Crippen LogP contribution >= 0.6 is 0 Å². The molecule has 110 valence electrons. The maximum Gasteiger partial charge on any atom is 0.100 e. The topological polar surface area (TPSA) is 68.2 Å². The Morgan fingerprint density at radius 2 is 1.67 bits per heavy atom. The lowest BCUT2D eigenvalue weighted by Gasteiger charge is -2.24. The van der Waals surface area contributed by atoms with Crippen LogP contribution in [0.5, 0.6) is 0 Å². The van der Waals surface area contributed by atoms with Crippen molar-refractivity contribution in [3.8, 4) is 0 Å². The molecule has 0 saturated heterocycles. The van der Waals surface area contributed by atoms with Crippen LogP contribution in [-0.2, 0) is 14.2 Å². The van der Waals surface area contributed by atoms with Crippen molar-refractivity contribution in [1.29, 1.82) is 0 Å². The minimum atomic E-state index is -0.793. The summed E-state index contributed by atoms with van der Waals surface area (Å²) in [4.78, 5) is 0. The van der Waals surface area contributed by atoms with Crippen LogP contribution in [0.15, 0.2) is 0 Å². The third kappa shape index (κ3) is 9.79. The molecule has 0 aliphatic heterocycles. The zero-order valence-corrected chi connectivity index (χ0v) is 12.0. The molecule has 0 spiro atoms. The van der Waals surface area contributed by atoms with E-state index in [2.05, 4.69) is 13.8 Å². The fourth-order valence-electron chi connectivity index (χ4n) is 1.47. The molecule has 0 saturated carbocycles. The van der Waals surface area contributed by atoms with E-state index in [-0.39, 0.29) is 24.5 Å². The van der Waals surface area contributed by atoms with E-state index in [1.807, 2.05) is 6.92 Å². The van der Waals surface area contributed by atoms with Gasteiger partial charge < -0.3 is 24.4 Å². The fourth-order valence-corrected chi connectivity index (χ4v) is 1.47. The fraction of sp³-hybridized carbons (Fsp3) is 1.00. The molecule has 0 aromatic carbocycles. The van der Waals surface area contributed by atoms with Gasteiger partial charge in [0.1, 0.15) is 6.10 Å². The van der Waals surface area contributed by atoms with E-state index in [1.54, 1.807) is 7.11 Å². The van der Waals surface area contributed by atoms with Gasteiger partial charge >= 0.3 is 0 Å². The van der Waals surface area contributed by atoms with Crippen molar-refractivity contribution >= 4 is 0 Å². The first-order valence-corrected chi connectivity index (χ1v) is 6.34. The summed E-state index contributed by atoms with van der Waals surface area (Å²) in [5.41, 5.74) is 0.0163. The van der Waals surface area contributed by atoms with Gasteiger partial charge in [-0.25, -0.2) is 0 Å². The number of hydrogen-bond acceptors (Lipinski definition) is 5. The van der Waals surface area contributed by atoms with E-state index in [4.69, 9.17) is 24.4 Å². The number of ether oxygens (including phenoxy) is 3. The maximum atomic E-state index is 9.09. The van der Waals surface area contributed by atoms with E-state index < -0.39 is 6.10 Å². The van der Waals surface area contributed by atoms with Crippen molar-refractivity contribution in [2.75, 3.05) is 46.8 Å². The van der Waals surface area contributed by atoms with Gasteiger partial charge in [-0.3, -0.25) is 0 Å². The lowest BCUT2D eigenvalue weighted by molar-refractivity contribution is -0.0304. The Morgan fingerprint density at radius 1 is 1.06 bits per heavy atom. The zero-order valence-electron chi connectivity index (χ0n) is 12.0. The minimum absolute atomic E-state index is 0.0163. The van der Waals surface area contributed by atoms with Gasteiger partial charge in [-0.05, 0) is 0 Å². The van der Waals surface area contributed by atoms with Crippen LogP contribution in [0.3, 0.4) is 0 Å². The third-order valence-corrected chi connectivity index (χ3v) is 2.35. The van der Waals surface area contributed by atoms with Crippen molar-refractivity contribution in [3.63, 3.8) is 0 Å². The number of methoxy groups -OCH3 is 1. The molecule has 0 radical (unpaired) electrons. The van der Waals surface area contributed by atoms with E-state index >= 15 is 0 Å². The predicted molar refractivity (Wildman–Crippen MR) is 69.6 cm³/mol. The maximum absolute atomic E-state index is 9.09. The van der Waals surface area contributed by atoms with Gasteiger partial charge in [-0.15, -0.1) is 0 Å². The van der Waals surface area contributed by atoms with Crippen LogP contribution in [0.25, 0.3) is 0 Å². The normalized spacial score (nSPS) is 15.7. The summed E-state index contributed by atoms with van der Waals surface area (Å²) < 4.78 is 16.0. The molecule has 0 fully saturated rings. The van der Waals surface area contributed by atoms with Crippen LogP contribution in [0.2, 0.25) is 0 Å². The van der Waals surface area contributed by atoms with Crippen LogP contribution in [0, 0.1) is 11.3 Å². The summed E-state index contributed by atoms with van der Waals surface area (Å²) in [5.74, 6) is 0.259. The Morgan fingerprint density at radius 3 is 2.22 bits per heavy atom. The summed E-state index contributed by atoms with van der Waals surface area (Å²) in [7, 11) is 1.69. The molecule has 0 aromatic rings. The molecule has 5 heteroatoms. The van der Waals surface area contributed by atoms with E-state index in [1.165, 1.54) is 0 Å². The van der Waals surface area contributed by atoms with Gasteiger partial charge in [0.15, 0.2) is 0 Å². The van der Waals surface area contributed by atoms with Crippen LogP contribution in [-0.4, -0.2) is 63.1 Å². The number of aliphatic hydroxyl groups excluding tert-OH is 2. The standard InChI is InChI=1S/C13H28O5/c1-11(6-17-8-12(15)5-14)7-18-10-13(2,3)9-16-4/h11-12,14-15H,5-10H2,1-4H3. The quantitative estimate of drug-likeness (QED) is 0.574. The molecule has 0 aliphatic rings. The number of hydrogen-bond donors (Lipinski definition) is 2. The minimum Gasteiger partial charge on any atom is -0.394 e. The molecule has 0 aliphatic carbocycles. The highest BCUT2D eigenvalue weighted by Crippen LogP contribution is 2.15. The Kier molecular flexibility index (Phi) is 9.59. The second-order valence-corrected chi connectivity index (χ2v) is 5.59. The van der Waals surface area contributed by atoms with E-state index in [9.17, 15) is 0 Å². The van der Waals surface area contributed by atoms with E-state index in [0.29, 0.717) is 26.4 Å². The molecule has 18 heavy (non-hydrogen) atoms. The first kappa shape index (κ1) is 17.8. The summed E-state index contributed by atoms with van der Waals surface area (Å²) >= 11 is 0. The first-order valence-electron chi connectivity index (χ1n) is 6.34. The summed E-state index contributed by atoms with van der Waals surface area (Å²) in [6.07, 6.45) is -0.793. The highest BCUT2D eigenvalue weighted by molar-refractivity contribution is 4.66. The summed E-state index contributed by atoms with van der Waals surface area (Å²) in [6.45, 7) is 8.54. The Hall–Kier alpha value is -0.200. The average molecular weight is 264 g/mol. The first-order chi connectivity index (χ1) is 8.41. The number of rotatable bonds is 11. The highest BCUT2D eigenvalue weighted by atomic mass is 16.5. The largest absolute Gasteiger partial charge is 0.394 e. The van der Waals surface area contributed by atoms with Crippen molar-refractivity contribution in [3.05, 3.63) is 0 Å². The molecule has 0 rings (SSSR count). The lowest BCUT2D eigenvalue weighted by Crippen LogP contribution is -2.27. The third-order valence-electron chi connectivity index (χ3n) is 2.35. The summed E-state index contributed by atoms with van der Waals surface area (Å²) in [5, 5.41) is 17.7. The molecule has 2 N–H and O–H groups in total. The summed E-state index contributed by atoms with van der Waals surface area (Å²) in [6, 6.07) is 0. The average Bonchev–Trinajstić information content (AvgIpc) is 2.28.